The number of rotatable bonds is 4. The van der Waals surface area contributed by atoms with E-state index >= 15 is 0 Å². The van der Waals surface area contributed by atoms with Crippen LogP contribution >= 0.6 is 0 Å². The van der Waals surface area contributed by atoms with Crippen LogP contribution in [0.1, 0.15) is 20.7 Å². The summed E-state index contributed by atoms with van der Waals surface area (Å²) in [6, 6.07) is 18.0. The van der Waals surface area contributed by atoms with Crippen LogP contribution in [0.2, 0.25) is 0 Å². The Bertz CT molecular complexity index is 471. The maximum atomic E-state index is 11.9. The van der Waals surface area contributed by atoms with Crippen LogP contribution in [0.5, 0.6) is 0 Å². The monoisotopic (exact) mass is 340 g/mol. The van der Waals surface area contributed by atoms with Gasteiger partial charge in [-0.25, -0.2) is 0 Å². The van der Waals surface area contributed by atoms with Gasteiger partial charge in [0, 0.05) is 0 Å². The number of benzene rings is 2. The third kappa shape index (κ3) is 3.26. The number of carbonyl (C=O) groups is 2. The van der Waals surface area contributed by atoms with Gasteiger partial charge < -0.3 is 0 Å². The first kappa shape index (κ1) is 12.0. The van der Waals surface area contributed by atoms with Crippen molar-refractivity contribution >= 4 is 28.6 Å². The van der Waals surface area contributed by atoms with E-state index in [1.165, 1.54) is 0 Å². The van der Waals surface area contributed by atoms with Crippen LogP contribution in [0.4, 0.5) is 0 Å². The molecule has 0 saturated carbocycles. The second-order valence-corrected chi connectivity index (χ2v) is 6.11. The van der Waals surface area contributed by atoms with E-state index in [2.05, 4.69) is 0 Å². The Morgan fingerprint density at radius 3 is 1.35 bits per heavy atom. The Balaban J connectivity index is 2.08. The van der Waals surface area contributed by atoms with Crippen molar-refractivity contribution in [2.45, 2.75) is 0 Å². The SMILES string of the molecule is O=C([Te]C(=O)c1ccccc1)c1ccccc1. The van der Waals surface area contributed by atoms with Gasteiger partial charge in [-0.15, -0.1) is 0 Å². The summed E-state index contributed by atoms with van der Waals surface area (Å²) in [5.74, 6) is 0. The van der Waals surface area contributed by atoms with Crippen LogP contribution in [-0.4, -0.2) is 28.6 Å². The Morgan fingerprint density at radius 2 is 1.00 bits per heavy atom. The second-order valence-electron chi connectivity index (χ2n) is 3.41. The van der Waals surface area contributed by atoms with Gasteiger partial charge in [0.25, 0.3) is 0 Å². The van der Waals surface area contributed by atoms with E-state index in [1.54, 1.807) is 24.3 Å². The standard InChI is InChI=1S/C14H10O2Te/c15-13(11-7-3-1-4-8-11)17-14(16)12-9-5-2-6-10-12/h1-10H. The fourth-order valence-corrected chi connectivity index (χ4v) is 3.28. The topological polar surface area (TPSA) is 34.1 Å². The van der Waals surface area contributed by atoms with Crippen molar-refractivity contribution in [3.05, 3.63) is 71.8 Å². The minimum absolute atomic E-state index is 0.00940. The summed E-state index contributed by atoms with van der Waals surface area (Å²) in [6.45, 7) is 0. The molecule has 0 saturated heterocycles. The first-order valence-corrected chi connectivity index (χ1v) is 7.47. The molecule has 2 aromatic carbocycles. The summed E-state index contributed by atoms with van der Waals surface area (Å²) in [5.41, 5.74) is 1.28. The summed E-state index contributed by atoms with van der Waals surface area (Å²) in [7, 11) is 0. The zero-order chi connectivity index (χ0) is 12.1. The van der Waals surface area contributed by atoms with Crippen LogP contribution in [-0.2, 0) is 0 Å². The van der Waals surface area contributed by atoms with Gasteiger partial charge in [0.1, 0.15) is 0 Å². The average molecular weight is 338 g/mol. The molecule has 0 N–H and O–H groups in total. The number of hydrogen-bond acceptors (Lipinski definition) is 2. The van der Waals surface area contributed by atoms with E-state index in [1.807, 2.05) is 36.4 Å². The van der Waals surface area contributed by atoms with Gasteiger partial charge in [-0.1, -0.05) is 0 Å². The Labute approximate surface area is 110 Å². The molecule has 3 heteroatoms. The molecule has 0 aliphatic carbocycles. The first-order valence-electron chi connectivity index (χ1n) is 5.14. The molecule has 0 fully saturated rings. The molecular weight excluding hydrogens is 328 g/mol. The Kier molecular flexibility index (Phi) is 4.08. The molecule has 2 nitrogen and oxygen atoms in total. The van der Waals surface area contributed by atoms with E-state index in [-0.39, 0.29) is 7.66 Å². The van der Waals surface area contributed by atoms with Crippen molar-refractivity contribution in [1.29, 1.82) is 0 Å². The van der Waals surface area contributed by atoms with Crippen LogP contribution in [0, 0.1) is 0 Å². The molecule has 2 rings (SSSR count). The van der Waals surface area contributed by atoms with E-state index in [4.69, 9.17) is 0 Å². The first-order chi connectivity index (χ1) is 8.27. The Hall–Kier alpha value is -1.43. The summed E-state index contributed by atoms with van der Waals surface area (Å²) in [5, 5.41) is 0. The van der Waals surface area contributed by atoms with Gasteiger partial charge in [-0.05, 0) is 0 Å². The molecule has 0 spiro atoms. The van der Waals surface area contributed by atoms with Crippen molar-refractivity contribution < 1.29 is 9.59 Å². The molecule has 0 atom stereocenters. The molecule has 0 bridgehead atoms. The van der Waals surface area contributed by atoms with Gasteiger partial charge in [0.15, 0.2) is 0 Å². The fraction of sp³-hybridized carbons (Fsp3) is 0. The summed E-state index contributed by atoms with van der Waals surface area (Å²) in [4.78, 5) is 23.7. The third-order valence-electron chi connectivity index (χ3n) is 2.20. The zero-order valence-electron chi connectivity index (χ0n) is 9.00. The van der Waals surface area contributed by atoms with Crippen molar-refractivity contribution in [2.75, 3.05) is 0 Å². The van der Waals surface area contributed by atoms with E-state index < -0.39 is 20.9 Å². The molecular formula is C14H10O2Te. The predicted molar refractivity (Wildman–Crippen MR) is 67.3 cm³/mol. The molecule has 17 heavy (non-hydrogen) atoms. The quantitative estimate of drug-likeness (QED) is 0.803. The van der Waals surface area contributed by atoms with E-state index in [0.29, 0.717) is 11.1 Å². The van der Waals surface area contributed by atoms with Crippen LogP contribution < -0.4 is 0 Å². The van der Waals surface area contributed by atoms with E-state index in [9.17, 15) is 9.59 Å². The third-order valence-corrected chi connectivity index (χ3v) is 4.61. The van der Waals surface area contributed by atoms with Gasteiger partial charge in [-0.2, -0.15) is 0 Å². The number of carbonyl (C=O) groups excluding carboxylic acids is 2. The summed E-state index contributed by atoms with van der Waals surface area (Å²) in [6.07, 6.45) is 0. The molecule has 0 aliphatic rings. The molecule has 0 radical (unpaired) electrons. The Morgan fingerprint density at radius 1 is 0.647 bits per heavy atom. The zero-order valence-corrected chi connectivity index (χ0v) is 11.3. The van der Waals surface area contributed by atoms with Gasteiger partial charge in [0.2, 0.25) is 0 Å². The normalized spacial score (nSPS) is 9.88. The van der Waals surface area contributed by atoms with Gasteiger partial charge in [0.05, 0.1) is 0 Å². The minimum atomic E-state index is -1.33. The van der Waals surface area contributed by atoms with Crippen LogP contribution in [0.3, 0.4) is 0 Å². The molecule has 84 valence electrons. The second kappa shape index (κ2) is 5.77. The summed E-state index contributed by atoms with van der Waals surface area (Å²) < 4.78 is -0.0188. The van der Waals surface area contributed by atoms with Crippen LogP contribution in [0.15, 0.2) is 60.7 Å². The molecule has 0 amide bonds. The van der Waals surface area contributed by atoms with E-state index in [0.717, 1.165) is 0 Å². The molecule has 0 aromatic heterocycles. The number of hydrogen-bond donors (Lipinski definition) is 0. The molecule has 0 heterocycles. The van der Waals surface area contributed by atoms with Crippen LogP contribution in [0.25, 0.3) is 0 Å². The fourth-order valence-electron chi connectivity index (χ4n) is 1.35. The van der Waals surface area contributed by atoms with Crippen molar-refractivity contribution in [3.8, 4) is 0 Å². The molecule has 0 aliphatic heterocycles. The predicted octanol–water partition coefficient (Wildman–Crippen LogP) is 2.37. The van der Waals surface area contributed by atoms with Gasteiger partial charge >= 0.3 is 110 Å². The molecule has 2 aromatic rings. The average Bonchev–Trinajstić information content (AvgIpc) is 2.40. The summed E-state index contributed by atoms with van der Waals surface area (Å²) >= 11 is -1.33. The van der Waals surface area contributed by atoms with Crippen molar-refractivity contribution in [2.24, 2.45) is 0 Å². The van der Waals surface area contributed by atoms with Crippen molar-refractivity contribution in [1.82, 2.24) is 0 Å². The van der Waals surface area contributed by atoms with Crippen molar-refractivity contribution in [3.63, 3.8) is 0 Å². The van der Waals surface area contributed by atoms with Gasteiger partial charge in [-0.3, -0.25) is 0 Å². The maximum absolute atomic E-state index is 11.9. The molecule has 0 unspecified atom stereocenters.